The third-order valence-electron chi connectivity index (χ3n) is 6.73. The summed E-state index contributed by atoms with van der Waals surface area (Å²) in [5.41, 5.74) is 2.23. The van der Waals surface area contributed by atoms with Crippen molar-refractivity contribution in [3.05, 3.63) is 47.8 Å². The Hall–Kier alpha value is -3.18. The van der Waals surface area contributed by atoms with E-state index in [0.717, 1.165) is 35.9 Å². The van der Waals surface area contributed by atoms with Crippen LogP contribution < -0.4 is 15.0 Å². The number of carbonyl (C=O) groups excluding carboxylic acids is 2. The van der Waals surface area contributed by atoms with Crippen molar-refractivity contribution in [2.45, 2.75) is 31.6 Å². The van der Waals surface area contributed by atoms with Gasteiger partial charge in [0.25, 0.3) is 0 Å². The second-order valence-electron chi connectivity index (χ2n) is 9.54. The molecular formula is C26H37N5O5S. The summed E-state index contributed by atoms with van der Waals surface area (Å²) in [4.78, 5) is 33.0. The van der Waals surface area contributed by atoms with Crippen molar-refractivity contribution in [3.63, 3.8) is 0 Å². The van der Waals surface area contributed by atoms with Crippen LogP contribution in [0.5, 0.6) is 5.75 Å². The lowest BCUT2D eigenvalue weighted by Crippen LogP contribution is -2.45. The smallest absolute Gasteiger partial charge is 0.243 e. The molecule has 37 heavy (non-hydrogen) atoms. The summed E-state index contributed by atoms with van der Waals surface area (Å²) in [6.07, 6.45) is 5.50. The van der Waals surface area contributed by atoms with Crippen molar-refractivity contribution >= 4 is 27.5 Å². The van der Waals surface area contributed by atoms with E-state index in [-0.39, 0.29) is 23.9 Å². The first-order valence-electron chi connectivity index (χ1n) is 12.3. The van der Waals surface area contributed by atoms with Gasteiger partial charge in [-0.3, -0.25) is 14.6 Å². The van der Waals surface area contributed by atoms with Crippen LogP contribution in [-0.4, -0.2) is 88.4 Å². The number of methoxy groups -OCH3 is 1. The average Bonchev–Trinajstić information content (AvgIpc) is 2.87. The summed E-state index contributed by atoms with van der Waals surface area (Å²) in [6.45, 7) is 5.26. The van der Waals surface area contributed by atoms with E-state index >= 15 is 0 Å². The van der Waals surface area contributed by atoms with Gasteiger partial charge in [-0.25, -0.2) is 8.42 Å². The maximum atomic E-state index is 13.2. The number of hydrogen-bond acceptors (Lipinski definition) is 7. The van der Waals surface area contributed by atoms with Gasteiger partial charge in [0.15, 0.2) is 0 Å². The van der Waals surface area contributed by atoms with Gasteiger partial charge in [-0.1, -0.05) is 0 Å². The van der Waals surface area contributed by atoms with E-state index < -0.39 is 15.9 Å². The lowest BCUT2D eigenvalue weighted by atomic mass is 9.96. The van der Waals surface area contributed by atoms with Crippen molar-refractivity contribution < 1.29 is 22.7 Å². The largest absolute Gasteiger partial charge is 0.497 e. The number of ether oxygens (including phenoxy) is 1. The van der Waals surface area contributed by atoms with Crippen LogP contribution in [-0.2, 0) is 19.6 Å². The number of sulfonamides is 1. The fourth-order valence-electron chi connectivity index (χ4n) is 4.56. The Bertz CT molecular complexity index is 1170. The lowest BCUT2D eigenvalue weighted by Gasteiger charge is -2.33. The molecule has 1 aliphatic heterocycles. The van der Waals surface area contributed by atoms with E-state index in [1.807, 2.05) is 12.1 Å². The molecule has 0 saturated carbocycles. The number of rotatable bonds is 10. The molecule has 1 saturated heterocycles. The molecule has 0 unspecified atom stereocenters. The van der Waals surface area contributed by atoms with Gasteiger partial charge >= 0.3 is 0 Å². The molecule has 0 bridgehead atoms. The van der Waals surface area contributed by atoms with E-state index in [2.05, 4.69) is 15.2 Å². The Morgan fingerprint density at radius 3 is 2.24 bits per heavy atom. The summed E-state index contributed by atoms with van der Waals surface area (Å²) in [6, 6.07) is 7.29. The number of hydrogen-bond donors (Lipinski definition) is 1. The number of aryl methyl sites for hydroxylation is 2. The minimum absolute atomic E-state index is 0.136. The predicted molar refractivity (Wildman–Crippen MR) is 142 cm³/mol. The number of anilines is 1. The monoisotopic (exact) mass is 531 g/mol. The van der Waals surface area contributed by atoms with E-state index in [9.17, 15) is 18.0 Å². The Morgan fingerprint density at radius 2 is 1.68 bits per heavy atom. The number of nitrogens with zero attached hydrogens (tertiary/aromatic N) is 4. The number of carbonyl (C=O) groups is 2. The molecule has 0 radical (unpaired) electrons. The van der Waals surface area contributed by atoms with Crippen molar-refractivity contribution in [2.75, 3.05) is 58.8 Å². The number of pyridine rings is 1. The van der Waals surface area contributed by atoms with Crippen molar-refractivity contribution in [2.24, 2.45) is 5.92 Å². The molecule has 1 aromatic heterocycles. The highest BCUT2D eigenvalue weighted by Gasteiger charge is 2.28. The molecule has 2 heterocycles. The normalized spacial score (nSPS) is 14.5. The molecule has 1 fully saturated rings. The summed E-state index contributed by atoms with van der Waals surface area (Å²) < 4.78 is 32.6. The summed E-state index contributed by atoms with van der Waals surface area (Å²) >= 11 is 0. The van der Waals surface area contributed by atoms with Crippen LogP contribution in [0.4, 0.5) is 5.69 Å². The number of amides is 2. The molecular weight excluding hydrogens is 494 g/mol. The van der Waals surface area contributed by atoms with Crippen LogP contribution in [0.25, 0.3) is 0 Å². The van der Waals surface area contributed by atoms with Gasteiger partial charge in [0, 0.05) is 51.8 Å². The Kier molecular flexibility index (Phi) is 9.50. The maximum absolute atomic E-state index is 13.2. The molecule has 2 amide bonds. The molecule has 202 valence electrons. The zero-order chi connectivity index (χ0) is 27.2. The zero-order valence-corrected chi connectivity index (χ0v) is 23.0. The first-order valence-corrected chi connectivity index (χ1v) is 13.7. The lowest BCUT2D eigenvalue weighted by molar-refractivity contribution is -0.134. The topological polar surface area (TPSA) is 112 Å². The number of likely N-dealkylation sites (N-methyl/N-ethyl adjacent to an activating group) is 2. The number of benzene rings is 1. The molecule has 0 spiro atoms. The molecule has 1 N–H and O–H groups in total. The third kappa shape index (κ3) is 7.20. The predicted octanol–water partition coefficient (Wildman–Crippen LogP) is 1.82. The Balaban J connectivity index is 1.47. The maximum Gasteiger partial charge on any atom is 0.243 e. The minimum atomic E-state index is -3.91. The van der Waals surface area contributed by atoms with Crippen LogP contribution in [0.2, 0.25) is 0 Å². The second kappa shape index (κ2) is 12.4. The van der Waals surface area contributed by atoms with E-state index in [0.29, 0.717) is 29.3 Å². The second-order valence-corrected chi connectivity index (χ2v) is 11.5. The fourth-order valence-corrected chi connectivity index (χ4v) is 6.08. The first kappa shape index (κ1) is 28.4. The van der Waals surface area contributed by atoms with Crippen molar-refractivity contribution in [1.82, 2.24) is 19.5 Å². The standard InChI is InChI=1S/C26H37N5O5S/c1-19-14-23(36-5)15-20(2)26(19)37(34,35)30(4)18-25(33)29(3)17-24(32)28-16-21-8-12-31(13-9-21)22-6-10-27-11-7-22/h6-7,10-11,14-15,21H,8-9,12-13,16-18H2,1-5H3,(H,28,32). The summed E-state index contributed by atoms with van der Waals surface area (Å²) in [5, 5.41) is 2.92. The number of aromatic nitrogens is 1. The van der Waals surface area contributed by atoms with Gasteiger partial charge in [-0.15, -0.1) is 0 Å². The fraction of sp³-hybridized carbons (Fsp3) is 0.500. The van der Waals surface area contributed by atoms with Gasteiger partial charge in [0.2, 0.25) is 21.8 Å². The number of nitrogens with one attached hydrogen (secondary N) is 1. The Morgan fingerprint density at radius 1 is 1.08 bits per heavy atom. The van der Waals surface area contributed by atoms with Gasteiger partial charge in [-0.05, 0) is 68.0 Å². The highest BCUT2D eigenvalue weighted by atomic mass is 32.2. The van der Waals surface area contributed by atoms with Crippen LogP contribution >= 0.6 is 0 Å². The quantitative estimate of drug-likeness (QED) is 0.498. The van der Waals surface area contributed by atoms with Crippen LogP contribution in [0, 0.1) is 19.8 Å². The minimum Gasteiger partial charge on any atom is -0.497 e. The van der Waals surface area contributed by atoms with Gasteiger partial charge < -0.3 is 19.9 Å². The molecule has 0 aliphatic carbocycles. The van der Waals surface area contributed by atoms with E-state index in [1.54, 1.807) is 38.4 Å². The number of piperidine rings is 1. The van der Waals surface area contributed by atoms with Crippen molar-refractivity contribution in [1.29, 1.82) is 0 Å². The molecule has 2 aromatic rings. The summed E-state index contributed by atoms with van der Waals surface area (Å²) in [7, 11) is 0.473. The van der Waals surface area contributed by atoms with E-state index in [1.165, 1.54) is 26.1 Å². The molecule has 1 aromatic carbocycles. The van der Waals surface area contributed by atoms with Crippen LogP contribution in [0.1, 0.15) is 24.0 Å². The van der Waals surface area contributed by atoms with Crippen molar-refractivity contribution in [3.8, 4) is 5.75 Å². The molecule has 0 atom stereocenters. The van der Waals surface area contributed by atoms with Gasteiger partial charge in [0.1, 0.15) is 5.75 Å². The molecule has 10 nitrogen and oxygen atoms in total. The highest BCUT2D eigenvalue weighted by Crippen LogP contribution is 2.28. The van der Waals surface area contributed by atoms with Crippen LogP contribution in [0.15, 0.2) is 41.6 Å². The highest BCUT2D eigenvalue weighted by molar-refractivity contribution is 7.89. The molecule has 3 rings (SSSR count). The first-order chi connectivity index (χ1) is 17.5. The van der Waals surface area contributed by atoms with Crippen LogP contribution in [0.3, 0.4) is 0 Å². The molecule has 11 heteroatoms. The zero-order valence-electron chi connectivity index (χ0n) is 22.2. The third-order valence-corrected chi connectivity index (χ3v) is 8.84. The SMILES string of the molecule is COc1cc(C)c(S(=O)(=O)N(C)CC(=O)N(C)CC(=O)NCC2CCN(c3ccncc3)CC2)c(C)c1. The Labute approximate surface area is 219 Å². The molecule has 1 aliphatic rings. The van der Waals surface area contributed by atoms with Gasteiger partial charge in [0.05, 0.1) is 25.1 Å². The average molecular weight is 532 g/mol. The summed E-state index contributed by atoms with van der Waals surface area (Å²) in [5.74, 6) is 0.212. The van der Waals surface area contributed by atoms with Gasteiger partial charge in [-0.2, -0.15) is 4.31 Å². The van der Waals surface area contributed by atoms with E-state index in [4.69, 9.17) is 4.74 Å².